The number of hydrogen-bond acceptors (Lipinski definition) is 2. The predicted octanol–water partition coefficient (Wildman–Crippen LogP) is 3.33. The molecular formula is C15H24N2. The first-order valence-corrected chi connectivity index (χ1v) is 6.88. The van der Waals surface area contributed by atoms with E-state index in [0.717, 1.165) is 12.3 Å². The van der Waals surface area contributed by atoms with Gasteiger partial charge in [-0.15, -0.1) is 0 Å². The quantitative estimate of drug-likeness (QED) is 0.583. The number of nitrogens with two attached hydrogens (primary N) is 1. The lowest BCUT2D eigenvalue weighted by atomic mass is 9.79. The van der Waals surface area contributed by atoms with Crippen LogP contribution in [0, 0.1) is 5.92 Å². The summed E-state index contributed by atoms with van der Waals surface area (Å²) in [5, 5.41) is 0. The Morgan fingerprint density at radius 3 is 2.82 bits per heavy atom. The zero-order valence-electron chi connectivity index (χ0n) is 10.8. The second-order valence-corrected chi connectivity index (χ2v) is 5.25. The lowest BCUT2D eigenvalue weighted by Gasteiger charge is -2.29. The fraction of sp³-hybridized carbons (Fsp3) is 0.600. The smallest absolute Gasteiger partial charge is 0.0462 e. The Hall–Kier alpha value is -0.860. The summed E-state index contributed by atoms with van der Waals surface area (Å²) in [6, 6.07) is 9.21. The van der Waals surface area contributed by atoms with Gasteiger partial charge in [0.1, 0.15) is 0 Å². The van der Waals surface area contributed by atoms with Crippen LogP contribution in [-0.2, 0) is 6.42 Å². The van der Waals surface area contributed by atoms with Gasteiger partial charge < -0.3 is 0 Å². The second-order valence-electron chi connectivity index (χ2n) is 5.25. The third-order valence-electron chi connectivity index (χ3n) is 3.89. The largest absolute Gasteiger partial charge is 0.271 e. The highest BCUT2D eigenvalue weighted by Gasteiger charge is 2.22. The molecule has 0 aromatic heterocycles. The van der Waals surface area contributed by atoms with Gasteiger partial charge in [-0.2, -0.15) is 0 Å². The van der Waals surface area contributed by atoms with Gasteiger partial charge in [0.2, 0.25) is 0 Å². The van der Waals surface area contributed by atoms with E-state index in [9.17, 15) is 0 Å². The molecule has 0 spiro atoms. The van der Waals surface area contributed by atoms with Crippen LogP contribution in [-0.4, -0.2) is 0 Å². The molecule has 1 unspecified atom stereocenters. The average molecular weight is 232 g/mol. The van der Waals surface area contributed by atoms with E-state index in [0.29, 0.717) is 6.04 Å². The number of aryl methyl sites for hydroxylation is 1. The van der Waals surface area contributed by atoms with Crippen molar-refractivity contribution >= 4 is 0 Å². The minimum absolute atomic E-state index is 0.331. The van der Waals surface area contributed by atoms with Crippen molar-refractivity contribution in [1.82, 2.24) is 5.43 Å². The summed E-state index contributed by atoms with van der Waals surface area (Å²) in [6.45, 7) is 2.22. The Kier molecular flexibility index (Phi) is 4.57. The molecule has 2 heteroatoms. The summed E-state index contributed by atoms with van der Waals surface area (Å²) < 4.78 is 0. The van der Waals surface area contributed by atoms with Crippen molar-refractivity contribution in [2.24, 2.45) is 11.8 Å². The molecule has 1 aliphatic carbocycles. The molecule has 17 heavy (non-hydrogen) atoms. The van der Waals surface area contributed by atoms with Gasteiger partial charge in [0.05, 0.1) is 0 Å². The van der Waals surface area contributed by atoms with Crippen molar-refractivity contribution in [3.05, 3.63) is 35.4 Å². The zero-order valence-corrected chi connectivity index (χ0v) is 10.8. The summed E-state index contributed by atoms with van der Waals surface area (Å²) in [7, 11) is 0. The van der Waals surface area contributed by atoms with Gasteiger partial charge in [0.25, 0.3) is 0 Å². The van der Waals surface area contributed by atoms with Crippen LogP contribution in [0.15, 0.2) is 24.3 Å². The Labute approximate surface area is 105 Å². The van der Waals surface area contributed by atoms with Crippen LogP contribution in [0.1, 0.15) is 56.2 Å². The molecule has 1 aromatic rings. The Bertz CT molecular complexity index is 345. The average Bonchev–Trinajstić information content (AvgIpc) is 2.29. The van der Waals surface area contributed by atoms with Gasteiger partial charge in [-0.05, 0) is 29.9 Å². The lowest BCUT2D eigenvalue weighted by Crippen LogP contribution is -2.31. The maximum atomic E-state index is 5.71. The van der Waals surface area contributed by atoms with E-state index < -0.39 is 0 Å². The third-order valence-corrected chi connectivity index (χ3v) is 3.89. The first-order valence-electron chi connectivity index (χ1n) is 6.88. The van der Waals surface area contributed by atoms with E-state index >= 15 is 0 Å². The normalized spacial score (nSPS) is 17.8. The number of hydrazine groups is 1. The van der Waals surface area contributed by atoms with Crippen molar-refractivity contribution in [2.45, 2.75) is 51.5 Å². The van der Waals surface area contributed by atoms with Crippen molar-refractivity contribution < 1.29 is 0 Å². The minimum atomic E-state index is 0.331. The number of nitrogens with one attached hydrogen (secondary N) is 1. The van der Waals surface area contributed by atoms with Crippen molar-refractivity contribution in [1.29, 1.82) is 0 Å². The lowest BCUT2D eigenvalue weighted by molar-refractivity contribution is 0.262. The van der Waals surface area contributed by atoms with E-state index in [2.05, 4.69) is 36.6 Å². The fourth-order valence-corrected chi connectivity index (χ4v) is 2.62. The highest BCUT2D eigenvalue weighted by molar-refractivity contribution is 5.26. The highest BCUT2D eigenvalue weighted by Crippen LogP contribution is 2.34. The third kappa shape index (κ3) is 3.30. The fourth-order valence-electron chi connectivity index (χ4n) is 2.62. The van der Waals surface area contributed by atoms with Crippen molar-refractivity contribution in [3.8, 4) is 0 Å². The van der Waals surface area contributed by atoms with Crippen LogP contribution < -0.4 is 11.3 Å². The molecular weight excluding hydrogens is 208 g/mol. The Morgan fingerprint density at radius 1 is 1.41 bits per heavy atom. The van der Waals surface area contributed by atoms with Gasteiger partial charge in [-0.3, -0.25) is 11.3 Å². The maximum absolute atomic E-state index is 5.71. The van der Waals surface area contributed by atoms with E-state index in [-0.39, 0.29) is 0 Å². The van der Waals surface area contributed by atoms with Gasteiger partial charge in [0, 0.05) is 6.04 Å². The Balaban J connectivity index is 2.03. The van der Waals surface area contributed by atoms with Gasteiger partial charge in [0.15, 0.2) is 0 Å². The standard InChI is InChI=1S/C15H24N2/c1-2-5-12-8-4-9-14(10-12)15(17-16)11-13-6-3-7-13/h4,8-10,13,15,17H,2-3,5-7,11,16H2,1H3. The predicted molar refractivity (Wildman–Crippen MR) is 72.5 cm³/mol. The molecule has 1 aromatic carbocycles. The zero-order chi connectivity index (χ0) is 12.1. The first kappa shape index (κ1) is 12.6. The first-order chi connectivity index (χ1) is 8.33. The van der Waals surface area contributed by atoms with Gasteiger partial charge in [-0.25, -0.2) is 0 Å². The van der Waals surface area contributed by atoms with Crippen molar-refractivity contribution in [3.63, 3.8) is 0 Å². The van der Waals surface area contributed by atoms with Crippen LogP contribution in [0.2, 0.25) is 0 Å². The van der Waals surface area contributed by atoms with Crippen molar-refractivity contribution in [2.75, 3.05) is 0 Å². The topological polar surface area (TPSA) is 38.0 Å². The molecule has 1 fully saturated rings. The SMILES string of the molecule is CCCc1cccc(C(CC2CCC2)NN)c1. The molecule has 0 heterocycles. The molecule has 0 radical (unpaired) electrons. The molecule has 94 valence electrons. The summed E-state index contributed by atoms with van der Waals surface area (Å²) >= 11 is 0. The van der Waals surface area contributed by atoms with E-state index in [1.807, 2.05) is 0 Å². The number of rotatable bonds is 6. The van der Waals surface area contributed by atoms with E-state index in [1.54, 1.807) is 0 Å². The van der Waals surface area contributed by atoms with E-state index in [1.165, 1.54) is 43.2 Å². The number of hydrogen-bond donors (Lipinski definition) is 2. The van der Waals surface area contributed by atoms with Gasteiger partial charge in [-0.1, -0.05) is 56.9 Å². The van der Waals surface area contributed by atoms with Crippen LogP contribution >= 0.6 is 0 Å². The Morgan fingerprint density at radius 2 is 2.24 bits per heavy atom. The molecule has 3 N–H and O–H groups in total. The maximum Gasteiger partial charge on any atom is 0.0462 e. The summed E-state index contributed by atoms with van der Waals surface area (Å²) in [4.78, 5) is 0. The van der Waals surface area contributed by atoms with Crippen LogP contribution in [0.3, 0.4) is 0 Å². The molecule has 0 amide bonds. The summed E-state index contributed by atoms with van der Waals surface area (Å²) in [5.41, 5.74) is 5.77. The molecule has 0 bridgehead atoms. The molecule has 0 aliphatic heterocycles. The molecule has 0 saturated heterocycles. The molecule has 1 aliphatic rings. The minimum Gasteiger partial charge on any atom is -0.271 e. The molecule has 2 nitrogen and oxygen atoms in total. The van der Waals surface area contributed by atoms with Gasteiger partial charge >= 0.3 is 0 Å². The number of benzene rings is 1. The molecule has 1 atom stereocenters. The molecule has 1 saturated carbocycles. The highest BCUT2D eigenvalue weighted by atomic mass is 15.2. The van der Waals surface area contributed by atoms with Crippen LogP contribution in [0.4, 0.5) is 0 Å². The van der Waals surface area contributed by atoms with Crippen LogP contribution in [0.25, 0.3) is 0 Å². The summed E-state index contributed by atoms with van der Waals surface area (Å²) in [6.07, 6.45) is 7.71. The van der Waals surface area contributed by atoms with Crippen LogP contribution in [0.5, 0.6) is 0 Å². The van der Waals surface area contributed by atoms with E-state index in [4.69, 9.17) is 5.84 Å². The second kappa shape index (κ2) is 6.18. The molecule has 2 rings (SSSR count). The monoisotopic (exact) mass is 232 g/mol. The summed E-state index contributed by atoms with van der Waals surface area (Å²) in [5.74, 6) is 6.59.